The fraction of sp³-hybridized carbons (Fsp3) is 0.579. The SMILES string of the molecule is CC(=O)N1CCC(CC(=O)N(C)CC(C)c2ccccc2)CC1. The van der Waals surface area contributed by atoms with Gasteiger partial charge in [0.05, 0.1) is 0 Å². The second kappa shape index (κ2) is 8.14. The topological polar surface area (TPSA) is 40.6 Å². The van der Waals surface area contributed by atoms with Crippen LogP contribution in [-0.4, -0.2) is 48.3 Å². The molecular formula is C19H28N2O2. The van der Waals surface area contributed by atoms with E-state index in [0.29, 0.717) is 18.3 Å². The Hall–Kier alpha value is -1.84. The Labute approximate surface area is 139 Å². The first-order valence-corrected chi connectivity index (χ1v) is 8.51. The summed E-state index contributed by atoms with van der Waals surface area (Å²) < 4.78 is 0. The van der Waals surface area contributed by atoms with Crippen LogP contribution in [0.25, 0.3) is 0 Å². The Balaban J connectivity index is 1.78. The van der Waals surface area contributed by atoms with E-state index in [0.717, 1.165) is 32.5 Å². The van der Waals surface area contributed by atoms with Crippen molar-refractivity contribution in [1.29, 1.82) is 0 Å². The first-order chi connectivity index (χ1) is 11.0. The lowest BCUT2D eigenvalue weighted by Crippen LogP contribution is -2.39. The minimum absolute atomic E-state index is 0.142. The zero-order valence-electron chi connectivity index (χ0n) is 14.5. The smallest absolute Gasteiger partial charge is 0.222 e. The summed E-state index contributed by atoms with van der Waals surface area (Å²) >= 11 is 0. The van der Waals surface area contributed by atoms with Gasteiger partial charge in [-0.25, -0.2) is 0 Å². The molecule has 0 aliphatic carbocycles. The van der Waals surface area contributed by atoms with Gasteiger partial charge in [0, 0.05) is 40.0 Å². The molecular weight excluding hydrogens is 288 g/mol. The van der Waals surface area contributed by atoms with Crippen molar-refractivity contribution in [2.75, 3.05) is 26.7 Å². The van der Waals surface area contributed by atoms with Crippen LogP contribution in [0.15, 0.2) is 30.3 Å². The Bertz CT molecular complexity index is 521. The Morgan fingerprint density at radius 3 is 2.39 bits per heavy atom. The van der Waals surface area contributed by atoms with Crippen LogP contribution >= 0.6 is 0 Å². The van der Waals surface area contributed by atoms with E-state index in [-0.39, 0.29) is 11.8 Å². The van der Waals surface area contributed by atoms with Crippen LogP contribution in [0.5, 0.6) is 0 Å². The molecule has 1 heterocycles. The lowest BCUT2D eigenvalue weighted by Gasteiger charge is -2.32. The van der Waals surface area contributed by atoms with Gasteiger partial charge < -0.3 is 9.80 Å². The third kappa shape index (κ3) is 5.08. The molecule has 1 aliphatic heterocycles. The van der Waals surface area contributed by atoms with Gasteiger partial charge in [0.15, 0.2) is 0 Å². The molecule has 1 saturated heterocycles. The van der Waals surface area contributed by atoms with Crippen molar-refractivity contribution >= 4 is 11.8 Å². The van der Waals surface area contributed by atoms with Crippen LogP contribution in [0.4, 0.5) is 0 Å². The van der Waals surface area contributed by atoms with E-state index in [2.05, 4.69) is 19.1 Å². The molecule has 1 aliphatic rings. The molecule has 0 aromatic heterocycles. The third-order valence-corrected chi connectivity index (χ3v) is 4.87. The summed E-state index contributed by atoms with van der Waals surface area (Å²) in [6, 6.07) is 10.3. The van der Waals surface area contributed by atoms with Crippen molar-refractivity contribution in [1.82, 2.24) is 9.80 Å². The van der Waals surface area contributed by atoms with E-state index in [1.54, 1.807) is 6.92 Å². The van der Waals surface area contributed by atoms with Crippen LogP contribution in [0.3, 0.4) is 0 Å². The lowest BCUT2D eigenvalue weighted by molar-refractivity contribution is -0.132. The van der Waals surface area contributed by atoms with Crippen LogP contribution < -0.4 is 0 Å². The summed E-state index contributed by atoms with van der Waals surface area (Å²) in [5.41, 5.74) is 1.27. The quantitative estimate of drug-likeness (QED) is 0.838. The molecule has 1 aromatic carbocycles. The standard InChI is InChI=1S/C19H28N2O2/c1-15(18-7-5-4-6-8-18)14-20(3)19(23)13-17-9-11-21(12-10-17)16(2)22/h4-8,15,17H,9-14H2,1-3H3. The second-order valence-electron chi connectivity index (χ2n) is 6.74. The van der Waals surface area contributed by atoms with Gasteiger partial charge in [-0.1, -0.05) is 37.3 Å². The average molecular weight is 316 g/mol. The van der Waals surface area contributed by atoms with Crippen molar-refractivity contribution in [3.63, 3.8) is 0 Å². The molecule has 0 radical (unpaired) electrons. The van der Waals surface area contributed by atoms with Gasteiger partial charge in [-0.15, -0.1) is 0 Å². The highest BCUT2D eigenvalue weighted by molar-refractivity contribution is 5.76. The summed E-state index contributed by atoms with van der Waals surface area (Å²) in [5.74, 6) is 1.11. The molecule has 1 unspecified atom stereocenters. The lowest BCUT2D eigenvalue weighted by atomic mass is 9.92. The second-order valence-corrected chi connectivity index (χ2v) is 6.74. The summed E-state index contributed by atoms with van der Waals surface area (Å²) in [4.78, 5) is 27.5. The number of hydrogen-bond donors (Lipinski definition) is 0. The molecule has 4 heteroatoms. The van der Waals surface area contributed by atoms with Gasteiger partial charge in [-0.05, 0) is 30.2 Å². The third-order valence-electron chi connectivity index (χ3n) is 4.87. The molecule has 1 aromatic rings. The molecule has 2 rings (SSSR count). The van der Waals surface area contributed by atoms with Crippen molar-refractivity contribution in [2.45, 2.75) is 39.0 Å². The van der Waals surface area contributed by atoms with Gasteiger partial charge in [0.1, 0.15) is 0 Å². The number of likely N-dealkylation sites (tertiary alicyclic amines) is 1. The fourth-order valence-electron chi connectivity index (χ4n) is 3.25. The number of likely N-dealkylation sites (N-methyl/N-ethyl adjacent to an activating group) is 1. The molecule has 4 nitrogen and oxygen atoms in total. The van der Waals surface area contributed by atoms with Crippen molar-refractivity contribution < 1.29 is 9.59 Å². The van der Waals surface area contributed by atoms with Crippen LogP contribution in [0, 0.1) is 5.92 Å². The molecule has 23 heavy (non-hydrogen) atoms. The molecule has 2 amide bonds. The van der Waals surface area contributed by atoms with Gasteiger partial charge in [-0.2, -0.15) is 0 Å². The van der Waals surface area contributed by atoms with Crippen LogP contribution in [0.2, 0.25) is 0 Å². The summed E-state index contributed by atoms with van der Waals surface area (Å²) in [5, 5.41) is 0. The van der Waals surface area contributed by atoms with Gasteiger partial charge in [0.25, 0.3) is 0 Å². The van der Waals surface area contributed by atoms with Gasteiger partial charge in [0.2, 0.25) is 11.8 Å². The van der Waals surface area contributed by atoms with E-state index in [1.165, 1.54) is 5.56 Å². The van der Waals surface area contributed by atoms with Gasteiger partial charge >= 0.3 is 0 Å². The van der Waals surface area contributed by atoms with Crippen molar-refractivity contribution in [2.24, 2.45) is 5.92 Å². The summed E-state index contributed by atoms with van der Waals surface area (Å²) in [7, 11) is 1.90. The minimum Gasteiger partial charge on any atom is -0.345 e. The first-order valence-electron chi connectivity index (χ1n) is 8.51. The number of carbonyl (C=O) groups is 2. The predicted molar refractivity (Wildman–Crippen MR) is 92.1 cm³/mol. The normalized spacial score (nSPS) is 16.9. The highest BCUT2D eigenvalue weighted by atomic mass is 16.2. The van der Waals surface area contributed by atoms with E-state index in [4.69, 9.17) is 0 Å². The highest BCUT2D eigenvalue weighted by Crippen LogP contribution is 2.22. The first kappa shape index (κ1) is 17.5. The summed E-state index contributed by atoms with van der Waals surface area (Å²) in [6.45, 7) is 6.10. The largest absolute Gasteiger partial charge is 0.345 e. The predicted octanol–water partition coefficient (Wildman–Crippen LogP) is 2.90. The number of rotatable bonds is 5. The van der Waals surface area contributed by atoms with E-state index >= 15 is 0 Å². The van der Waals surface area contributed by atoms with Gasteiger partial charge in [-0.3, -0.25) is 9.59 Å². The maximum atomic E-state index is 12.4. The number of hydrogen-bond acceptors (Lipinski definition) is 2. The highest BCUT2D eigenvalue weighted by Gasteiger charge is 2.24. The Morgan fingerprint density at radius 2 is 1.83 bits per heavy atom. The number of nitrogens with zero attached hydrogens (tertiary/aromatic N) is 2. The molecule has 0 saturated carbocycles. The maximum Gasteiger partial charge on any atom is 0.222 e. The zero-order chi connectivity index (χ0) is 16.8. The molecule has 0 N–H and O–H groups in total. The monoisotopic (exact) mass is 316 g/mol. The Kier molecular flexibility index (Phi) is 6.20. The van der Waals surface area contributed by atoms with Crippen molar-refractivity contribution in [3.05, 3.63) is 35.9 Å². The molecule has 0 bridgehead atoms. The Morgan fingerprint density at radius 1 is 1.22 bits per heavy atom. The summed E-state index contributed by atoms with van der Waals surface area (Å²) in [6.07, 6.45) is 2.48. The number of piperidine rings is 1. The fourth-order valence-corrected chi connectivity index (χ4v) is 3.25. The average Bonchev–Trinajstić information content (AvgIpc) is 2.56. The van der Waals surface area contributed by atoms with E-state index < -0.39 is 0 Å². The number of benzene rings is 1. The molecule has 1 fully saturated rings. The number of carbonyl (C=O) groups excluding carboxylic acids is 2. The molecule has 0 spiro atoms. The van der Waals surface area contributed by atoms with Crippen molar-refractivity contribution in [3.8, 4) is 0 Å². The van der Waals surface area contributed by atoms with Crippen LogP contribution in [-0.2, 0) is 9.59 Å². The minimum atomic E-state index is 0.142. The zero-order valence-corrected chi connectivity index (χ0v) is 14.5. The van der Waals surface area contributed by atoms with Crippen LogP contribution in [0.1, 0.15) is 44.6 Å². The number of amides is 2. The van der Waals surface area contributed by atoms with E-state index in [9.17, 15) is 9.59 Å². The maximum absolute atomic E-state index is 12.4. The molecule has 1 atom stereocenters. The molecule has 126 valence electrons. The van der Waals surface area contributed by atoms with E-state index in [1.807, 2.05) is 35.0 Å².